The molecule has 1 aromatic carbocycles. The van der Waals surface area contributed by atoms with Crippen LogP contribution in [0.15, 0.2) is 18.2 Å². The zero-order valence-corrected chi connectivity index (χ0v) is 17.7. The van der Waals surface area contributed by atoms with Crippen LogP contribution in [0.25, 0.3) is 0 Å². The standard InChI is InChI=1S/C16H20N2O10S2/c1-11(19)17-12-5-6-13(16(21)26-8-9-29-30(2,24)25)14(10-12)28-15(20)4-3-7-27-18(22)23/h5-6,10H,3-4,7-9H2,1-2H3,(H,17,19). The Labute approximate surface area is 175 Å². The number of anilines is 1. The molecule has 0 aromatic heterocycles. The molecule has 0 radical (unpaired) electrons. The molecule has 1 rings (SSSR count). The van der Waals surface area contributed by atoms with Crippen molar-refractivity contribution in [3.63, 3.8) is 0 Å². The molecule has 30 heavy (non-hydrogen) atoms. The molecule has 0 saturated heterocycles. The molecule has 0 bridgehead atoms. The highest BCUT2D eigenvalue weighted by molar-refractivity contribution is 8.71. The first-order valence-electron chi connectivity index (χ1n) is 8.39. The Balaban J connectivity index is 2.83. The van der Waals surface area contributed by atoms with Crippen molar-refractivity contribution in [1.82, 2.24) is 0 Å². The predicted molar refractivity (Wildman–Crippen MR) is 106 cm³/mol. The molecule has 0 unspecified atom stereocenters. The first-order valence-corrected chi connectivity index (χ1v) is 11.8. The Morgan fingerprint density at radius 2 is 1.93 bits per heavy atom. The zero-order valence-electron chi connectivity index (χ0n) is 16.1. The van der Waals surface area contributed by atoms with Crippen LogP contribution >= 0.6 is 10.8 Å². The first kappa shape index (κ1) is 25.2. The van der Waals surface area contributed by atoms with E-state index in [1.165, 1.54) is 25.1 Å². The number of hydrogen-bond donors (Lipinski definition) is 1. The normalized spacial score (nSPS) is 10.7. The minimum absolute atomic E-state index is 0.00763. The third kappa shape index (κ3) is 10.6. The number of amides is 1. The molecule has 14 heteroatoms. The Bertz CT molecular complexity index is 901. The van der Waals surface area contributed by atoms with E-state index in [0.29, 0.717) is 10.8 Å². The van der Waals surface area contributed by atoms with Crippen LogP contribution in [-0.4, -0.2) is 56.6 Å². The quantitative estimate of drug-likeness (QED) is 0.118. The fourth-order valence-electron chi connectivity index (χ4n) is 1.98. The molecule has 0 saturated carbocycles. The minimum atomic E-state index is -3.28. The van der Waals surface area contributed by atoms with Gasteiger partial charge in [0.25, 0.3) is 5.09 Å². The van der Waals surface area contributed by atoms with Gasteiger partial charge in [0.1, 0.15) is 17.9 Å². The second kappa shape index (κ2) is 12.0. The van der Waals surface area contributed by atoms with Gasteiger partial charge < -0.3 is 19.6 Å². The molecule has 1 aromatic rings. The number of nitrogens with zero attached hydrogens (tertiary/aromatic N) is 1. The van der Waals surface area contributed by atoms with Crippen molar-refractivity contribution < 1.29 is 42.2 Å². The number of hydrogen-bond acceptors (Lipinski definition) is 11. The van der Waals surface area contributed by atoms with Crippen LogP contribution in [0.2, 0.25) is 0 Å². The largest absolute Gasteiger partial charge is 0.461 e. The van der Waals surface area contributed by atoms with Gasteiger partial charge in [0, 0.05) is 37.1 Å². The van der Waals surface area contributed by atoms with Gasteiger partial charge in [-0.1, -0.05) is 0 Å². The topological polar surface area (TPSA) is 168 Å². The summed E-state index contributed by atoms with van der Waals surface area (Å²) in [6.45, 7) is 0.763. The Morgan fingerprint density at radius 3 is 2.53 bits per heavy atom. The van der Waals surface area contributed by atoms with Crippen molar-refractivity contribution in [2.45, 2.75) is 19.8 Å². The van der Waals surface area contributed by atoms with Crippen LogP contribution < -0.4 is 10.1 Å². The van der Waals surface area contributed by atoms with Crippen molar-refractivity contribution in [3.05, 3.63) is 33.9 Å². The summed E-state index contributed by atoms with van der Waals surface area (Å²) in [4.78, 5) is 49.7. The average Bonchev–Trinajstić information content (AvgIpc) is 2.61. The average molecular weight is 464 g/mol. The number of benzene rings is 1. The Hall–Kier alpha value is -2.87. The van der Waals surface area contributed by atoms with Gasteiger partial charge in [0.2, 0.25) is 5.91 Å². The van der Waals surface area contributed by atoms with Crippen molar-refractivity contribution >= 4 is 43.2 Å². The Morgan fingerprint density at radius 1 is 1.23 bits per heavy atom. The van der Waals surface area contributed by atoms with E-state index < -0.39 is 31.8 Å². The maximum atomic E-state index is 12.3. The Kier molecular flexibility index (Phi) is 10.0. The lowest BCUT2D eigenvalue weighted by Crippen LogP contribution is -2.15. The number of carbonyl (C=O) groups is 3. The lowest BCUT2D eigenvalue weighted by atomic mass is 10.1. The highest BCUT2D eigenvalue weighted by atomic mass is 33.1. The second-order valence-corrected chi connectivity index (χ2v) is 10.3. The fraction of sp³-hybridized carbons (Fsp3) is 0.438. The molecule has 12 nitrogen and oxygen atoms in total. The second-order valence-electron chi connectivity index (χ2n) is 5.69. The van der Waals surface area contributed by atoms with Crippen LogP contribution in [0.5, 0.6) is 5.75 Å². The highest BCUT2D eigenvalue weighted by Gasteiger charge is 2.18. The van der Waals surface area contributed by atoms with E-state index in [9.17, 15) is 32.9 Å². The maximum Gasteiger partial charge on any atom is 0.341 e. The number of nitrogens with one attached hydrogen (secondary N) is 1. The van der Waals surface area contributed by atoms with Crippen LogP contribution in [0.1, 0.15) is 30.1 Å². The summed E-state index contributed by atoms with van der Waals surface area (Å²) < 4.78 is 32.3. The summed E-state index contributed by atoms with van der Waals surface area (Å²) in [6, 6.07) is 3.91. The lowest BCUT2D eigenvalue weighted by molar-refractivity contribution is -0.757. The molecular formula is C16H20N2O10S2. The predicted octanol–water partition coefficient (Wildman–Crippen LogP) is 1.39. The summed E-state index contributed by atoms with van der Waals surface area (Å²) >= 11 is 0. The van der Waals surface area contributed by atoms with Crippen LogP contribution in [0.3, 0.4) is 0 Å². The summed E-state index contributed by atoms with van der Waals surface area (Å²) in [7, 11) is -2.67. The van der Waals surface area contributed by atoms with Crippen molar-refractivity contribution in [2.75, 3.05) is 30.5 Å². The van der Waals surface area contributed by atoms with E-state index in [4.69, 9.17) is 9.47 Å². The number of carbonyl (C=O) groups excluding carboxylic acids is 3. The van der Waals surface area contributed by atoms with Crippen molar-refractivity contribution in [1.29, 1.82) is 0 Å². The molecule has 1 amide bonds. The molecule has 0 aliphatic heterocycles. The SMILES string of the molecule is CC(=O)Nc1ccc(C(=O)OCCSS(C)(=O)=O)c(OC(=O)CCCO[N+](=O)[O-])c1. The van der Waals surface area contributed by atoms with Crippen molar-refractivity contribution in [2.24, 2.45) is 0 Å². The van der Waals surface area contributed by atoms with E-state index in [2.05, 4.69) is 10.2 Å². The zero-order chi connectivity index (χ0) is 22.7. The number of ether oxygens (including phenoxy) is 2. The maximum absolute atomic E-state index is 12.3. The first-order chi connectivity index (χ1) is 14.0. The van der Waals surface area contributed by atoms with E-state index in [1.54, 1.807) is 0 Å². The molecule has 0 aliphatic carbocycles. The van der Waals surface area contributed by atoms with Gasteiger partial charge in [-0.3, -0.25) is 9.59 Å². The van der Waals surface area contributed by atoms with Gasteiger partial charge in [-0.25, -0.2) is 13.2 Å². The van der Waals surface area contributed by atoms with E-state index in [-0.39, 0.29) is 48.8 Å². The number of esters is 2. The highest BCUT2D eigenvalue weighted by Crippen LogP contribution is 2.25. The summed E-state index contributed by atoms with van der Waals surface area (Å²) in [6.07, 6.45) is 0.805. The van der Waals surface area contributed by atoms with Crippen LogP contribution in [-0.2, 0) is 28.0 Å². The van der Waals surface area contributed by atoms with E-state index in [0.717, 1.165) is 6.26 Å². The molecular weight excluding hydrogens is 444 g/mol. The van der Waals surface area contributed by atoms with Gasteiger partial charge in [0.15, 0.2) is 8.87 Å². The summed E-state index contributed by atoms with van der Waals surface area (Å²) in [5, 5.41) is 11.6. The monoisotopic (exact) mass is 464 g/mol. The smallest absolute Gasteiger partial charge is 0.341 e. The molecule has 0 heterocycles. The van der Waals surface area contributed by atoms with E-state index >= 15 is 0 Å². The summed E-state index contributed by atoms with van der Waals surface area (Å²) in [5.41, 5.74) is 0.134. The molecule has 0 atom stereocenters. The van der Waals surface area contributed by atoms with Gasteiger partial charge in [-0.15, -0.1) is 10.1 Å². The van der Waals surface area contributed by atoms with Gasteiger partial charge in [-0.2, -0.15) is 0 Å². The van der Waals surface area contributed by atoms with Crippen molar-refractivity contribution in [3.8, 4) is 5.75 Å². The third-order valence-corrected chi connectivity index (χ3v) is 5.63. The molecule has 0 spiro atoms. The van der Waals surface area contributed by atoms with Crippen LogP contribution in [0, 0.1) is 10.1 Å². The van der Waals surface area contributed by atoms with Gasteiger partial charge in [0.05, 0.1) is 6.61 Å². The van der Waals surface area contributed by atoms with Gasteiger partial charge >= 0.3 is 11.9 Å². The van der Waals surface area contributed by atoms with Gasteiger partial charge in [-0.05, 0) is 29.3 Å². The number of rotatable bonds is 12. The molecule has 0 aliphatic rings. The third-order valence-electron chi connectivity index (χ3n) is 3.08. The van der Waals surface area contributed by atoms with Crippen LogP contribution in [0.4, 0.5) is 5.69 Å². The lowest BCUT2D eigenvalue weighted by Gasteiger charge is -2.12. The fourth-order valence-corrected chi connectivity index (χ4v) is 3.55. The molecule has 0 fully saturated rings. The molecule has 1 N–H and O–H groups in total. The molecule has 166 valence electrons. The summed E-state index contributed by atoms with van der Waals surface area (Å²) in [5.74, 6) is -2.22. The minimum Gasteiger partial charge on any atom is -0.461 e. The van der Waals surface area contributed by atoms with E-state index in [1.807, 2.05) is 0 Å².